The number of anilines is 1. The maximum atomic E-state index is 5.49. The van der Waals surface area contributed by atoms with Crippen LogP contribution in [0.1, 0.15) is 31.5 Å². The number of thioether (sulfide) groups is 1. The molecular formula is C9H13N5OS2. The van der Waals surface area contributed by atoms with Gasteiger partial charge in [0.2, 0.25) is 11.0 Å². The largest absolute Gasteiger partial charge is 0.374 e. The van der Waals surface area contributed by atoms with Crippen LogP contribution in [0.15, 0.2) is 8.86 Å². The first-order chi connectivity index (χ1) is 8.28. The first-order valence-electron chi connectivity index (χ1n) is 5.31. The molecule has 2 aromatic rings. The highest BCUT2D eigenvalue weighted by Crippen LogP contribution is 2.26. The van der Waals surface area contributed by atoms with E-state index in [0.29, 0.717) is 16.8 Å². The Kier molecular flexibility index (Phi) is 4.32. The molecule has 2 aromatic heterocycles. The summed E-state index contributed by atoms with van der Waals surface area (Å²) < 4.78 is 5.95. The summed E-state index contributed by atoms with van der Waals surface area (Å²) in [5, 5.41) is 12.0. The minimum absolute atomic E-state index is 0.474. The van der Waals surface area contributed by atoms with Crippen LogP contribution in [-0.4, -0.2) is 20.3 Å². The van der Waals surface area contributed by atoms with Gasteiger partial charge in [-0.05, 0) is 6.42 Å². The normalized spacial score (nSPS) is 10.9. The van der Waals surface area contributed by atoms with Gasteiger partial charge in [-0.15, -0.1) is 10.2 Å². The third-order valence-corrected chi connectivity index (χ3v) is 3.88. The SMILES string of the molecule is CCCCc1noc(CSc2nnc(N)s2)n1. The number of nitrogens with zero attached hydrogens (tertiary/aromatic N) is 4. The van der Waals surface area contributed by atoms with Gasteiger partial charge in [0.15, 0.2) is 10.2 Å². The Morgan fingerprint density at radius 1 is 1.41 bits per heavy atom. The van der Waals surface area contributed by atoms with Gasteiger partial charge in [-0.3, -0.25) is 0 Å². The molecule has 2 rings (SSSR count). The Morgan fingerprint density at radius 2 is 2.29 bits per heavy atom. The summed E-state index contributed by atoms with van der Waals surface area (Å²) in [7, 11) is 0. The molecule has 0 aliphatic heterocycles. The van der Waals surface area contributed by atoms with E-state index >= 15 is 0 Å². The van der Waals surface area contributed by atoms with E-state index in [-0.39, 0.29) is 0 Å². The number of aryl methyl sites for hydroxylation is 1. The van der Waals surface area contributed by atoms with Crippen LogP contribution in [0.25, 0.3) is 0 Å². The molecule has 0 fully saturated rings. The van der Waals surface area contributed by atoms with Gasteiger partial charge in [0.25, 0.3) is 0 Å². The van der Waals surface area contributed by atoms with Crippen LogP contribution in [0.3, 0.4) is 0 Å². The number of unbranched alkanes of at least 4 members (excludes halogenated alkanes) is 1. The van der Waals surface area contributed by atoms with Crippen molar-refractivity contribution in [2.24, 2.45) is 0 Å². The van der Waals surface area contributed by atoms with Gasteiger partial charge in [-0.1, -0.05) is 41.6 Å². The van der Waals surface area contributed by atoms with Crippen molar-refractivity contribution in [3.63, 3.8) is 0 Å². The number of aromatic nitrogens is 4. The van der Waals surface area contributed by atoms with Crippen LogP contribution in [0.4, 0.5) is 5.13 Å². The summed E-state index contributed by atoms with van der Waals surface area (Å²) in [5.74, 6) is 2.00. The molecule has 8 heteroatoms. The molecule has 0 saturated carbocycles. The second-order valence-electron chi connectivity index (χ2n) is 3.40. The van der Waals surface area contributed by atoms with Gasteiger partial charge in [-0.2, -0.15) is 4.98 Å². The minimum Gasteiger partial charge on any atom is -0.374 e. The summed E-state index contributed by atoms with van der Waals surface area (Å²) in [4.78, 5) is 4.30. The lowest BCUT2D eigenvalue weighted by molar-refractivity contribution is 0.384. The van der Waals surface area contributed by atoms with Crippen LogP contribution in [0.5, 0.6) is 0 Å². The maximum Gasteiger partial charge on any atom is 0.237 e. The lowest BCUT2D eigenvalue weighted by Crippen LogP contribution is -1.88. The van der Waals surface area contributed by atoms with Crippen molar-refractivity contribution in [2.75, 3.05) is 5.73 Å². The molecule has 2 N–H and O–H groups in total. The van der Waals surface area contributed by atoms with Crippen molar-refractivity contribution in [2.45, 2.75) is 36.3 Å². The maximum absolute atomic E-state index is 5.49. The average Bonchev–Trinajstić information content (AvgIpc) is 2.93. The van der Waals surface area contributed by atoms with Gasteiger partial charge >= 0.3 is 0 Å². The predicted octanol–water partition coefficient (Wildman–Crippen LogP) is 2.14. The first kappa shape index (κ1) is 12.3. The fourth-order valence-electron chi connectivity index (χ4n) is 1.19. The zero-order valence-corrected chi connectivity index (χ0v) is 11.1. The Balaban J connectivity index is 1.84. The lowest BCUT2D eigenvalue weighted by Gasteiger charge is -1.89. The quantitative estimate of drug-likeness (QED) is 0.805. The van der Waals surface area contributed by atoms with Crippen molar-refractivity contribution in [3.8, 4) is 0 Å². The predicted molar refractivity (Wildman–Crippen MR) is 66.8 cm³/mol. The van der Waals surface area contributed by atoms with Crippen molar-refractivity contribution < 1.29 is 4.52 Å². The van der Waals surface area contributed by atoms with Crippen molar-refractivity contribution >= 4 is 28.2 Å². The van der Waals surface area contributed by atoms with Gasteiger partial charge in [0.1, 0.15) is 0 Å². The number of nitrogens with two attached hydrogens (primary N) is 1. The summed E-state index contributed by atoms with van der Waals surface area (Å²) >= 11 is 2.86. The van der Waals surface area contributed by atoms with Crippen LogP contribution in [0, 0.1) is 0 Å². The summed E-state index contributed by atoms with van der Waals surface area (Å²) in [6, 6.07) is 0. The van der Waals surface area contributed by atoms with Crippen molar-refractivity contribution in [1.82, 2.24) is 20.3 Å². The van der Waals surface area contributed by atoms with E-state index in [9.17, 15) is 0 Å². The van der Waals surface area contributed by atoms with Crippen LogP contribution in [-0.2, 0) is 12.2 Å². The second-order valence-corrected chi connectivity index (χ2v) is 5.63. The second kappa shape index (κ2) is 5.97. The molecule has 0 radical (unpaired) electrons. The Morgan fingerprint density at radius 3 is 3.00 bits per heavy atom. The summed E-state index contributed by atoms with van der Waals surface area (Å²) in [6.45, 7) is 2.14. The third-order valence-electron chi connectivity index (χ3n) is 2.01. The molecule has 0 aliphatic carbocycles. The summed E-state index contributed by atoms with van der Waals surface area (Å²) in [5.41, 5.74) is 5.49. The number of hydrogen-bond donors (Lipinski definition) is 1. The molecular weight excluding hydrogens is 258 g/mol. The van der Waals surface area contributed by atoms with E-state index in [0.717, 1.165) is 29.4 Å². The van der Waals surface area contributed by atoms with E-state index in [2.05, 4.69) is 27.3 Å². The number of hydrogen-bond acceptors (Lipinski definition) is 8. The zero-order chi connectivity index (χ0) is 12.1. The molecule has 0 atom stereocenters. The highest BCUT2D eigenvalue weighted by atomic mass is 32.2. The Hall–Kier alpha value is -1.15. The highest BCUT2D eigenvalue weighted by molar-refractivity contribution is 8.00. The molecule has 0 spiro atoms. The van der Waals surface area contributed by atoms with Crippen LogP contribution in [0.2, 0.25) is 0 Å². The number of nitrogen functional groups attached to an aromatic ring is 1. The Labute approximate surface area is 107 Å². The van der Waals surface area contributed by atoms with E-state index < -0.39 is 0 Å². The molecule has 0 saturated heterocycles. The van der Waals surface area contributed by atoms with Gasteiger partial charge < -0.3 is 10.3 Å². The van der Waals surface area contributed by atoms with E-state index in [4.69, 9.17) is 10.3 Å². The molecule has 17 heavy (non-hydrogen) atoms. The topological polar surface area (TPSA) is 90.7 Å². The summed E-state index contributed by atoms with van der Waals surface area (Å²) in [6.07, 6.45) is 3.08. The van der Waals surface area contributed by atoms with E-state index in [1.165, 1.54) is 23.1 Å². The average molecular weight is 271 g/mol. The molecule has 0 bridgehead atoms. The highest BCUT2D eigenvalue weighted by Gasteiger charge is 2.08. The fraction of sp³-hybridized carbons (Fsp3) is 0.556. The van der Waals surface area contributed by atoms with Gasteiger partial charge in [-0.25, -0.2) is 0 Å². The Bertz CT molecular complexity index is 469. The molecule has 2 heterocycles. The van der Waals surface area contributed by atoms with E-state index in [1.807, 2.05) is 0 Å². The first-order valence-corrected chi connectivity index (χ1v) is 7.11. The fourth-order valence-corrected chi connectivity index (χ4v) is 2.66. The molecule has 0 unspecified atom stereocenters. The van der Waals surface area contributed by atoms with Gasteiger partial charge in [0.05, 0.1) is 5.75 Å². The van der Waals surface area contributed by atoms with Crippen LogP contribution >= 0.6 is 23.1 Å². The monoisotopic (exact) mass is 271 g/mol. The molecule has 0 amide bonds. The van der Waals surface area contributed by atoms with Crippen LogP contribution < -0.4 is 5.73 Å². The lowest BCUT2D eigenvalue weighted by atomic mass is 10.2. The zero-order valence-electron chi connectivity index (χ0n) is 9.42. The standard InChI is InChI=1S/C9H13N5OS2/c1-2-3-4-6-11-7(15-14-6)5-16-9-13-12-8(10)17-9/h2-5H2,1H3,(H2,10,12). The molecule has 6 nitrogen and oxygen atoms in total. The van der Waals surface area contributed by atoms with Crippen molar-refractivity contribution in [3.05, 3.63) is 11.7 Å². The third kappa shape index (κ3) is 3.67. The number of rotatable bonds is 6. The molecule has 0 aromatic carbocycles. The van der Waals surface area contributed by atoms with Gasteiger partial charge in [0, 0.05) is 6.42 Å². The van der Waals surface area contributed by atoms with Crippen molar-refractivity contribution in [1.29, 1.82) is 0 Å². The minimum atomic E-state index is 0.474. The van der Waals surface area contributed by atoms with E-state index in [1.54, 1.807) is 0 Å². The molecule has 92 valence electrons. The smallest absolute Gasteiger partial charge is 0.237 e. The molecule has 0 aliphatic rings.